The van der Waals surface area contributed by atoms with E-state index in [-0.39, 0.29) is 51.4 Å². The molecule has 0 aromatic heterocycles. The smallest absolute Gasteiger partial charge is 0.793 e. The van der Waals surface area contributed by atoms with Crippen molar-refractivity contribution in [2.75, 3.05) is 0 Å². The minimum absolute atomic E-state index is 0. The van der Waals surface area contributed by atoms with Gasteiger partial charge in [-0.2, -0.15) is 30.7 Å². The van der Waals surface area contributed by atoms with Crippen molar-refractivity contribution in [3.8, 4) is 0 Å². The first-order valence-electron chi connectivity index (χ1n) is 2.65. The molecule has 0 aromatic rings. The number of hydrogen-bond donors (Lipinski definition) is 0. The molecule has 0 aromatic carbocycles. The van der Waals surface area contributed by atoms with Gasteiger partial charge in [0.25, 0.3) is 6.11 Å². The van der Waals surface area contributed by atoms with Gasteiger partial charge in [0.1, 0.15) is 0 Å². The molecule has 0 saturated carbocycles. The molecule has 0 aliphatic carbocycles. The molecule has 0 amide bonds. The predicted octanol–water partition coefficient (Wildman–Crippen LogP) is -1.22. The fraction of sp³-hybridized carbons (Fsp3) is 1.00. The van der Waals surface area contributed by atoms with Crippen molar-refractivity contribution in [2.24, 2.45) is 0 Å². The Kier molecular flexibility index (Phi) is 5.72. The molecule has 0 radical (unpaired) electrons. The van der Waals surface area contributed by atoms with Crippen LogP contribution in [0.4, 0.5) is 39.5 Å². The molecule has 0 fully saturated rings. The van der Waals surface area contributed by atoms with Gasteiger partial charge in [0.15, 0.2) is 0 Å². The van der Waals surface area contributed by atoms with E-state index in [1.54, 1.807) is 0 Å². The van der Waals surface area contributed by atoms with Crippen molar-refractivity contribution in [2.45, 2.75) is 24.1 Å². The monoisotopic (exact) mass is 274 g/mol. The quantitative estimate of drug-likeness (QED) is 0.457. The molecule has 0 aliphatic rings. The molecule has 0 saturated heterocycles. The van der Waals surface area contributed by atoms with Crippen molar-refractivity contribution < 1.29 is 96.0 Å². The van der Waals surface area contributed by atoms with E-state index < -0.39 is 24.1 Å². The summed E-state index contributed by atoms with van der Waals surface area (Å²) in [7, 11) is 0. The summed E-state index contributed by atoms with van der Waals surface area (Å²) < 4.78 is 103. The zero-order chi connectivity index (χ0) is 12.0. The molecule has 0 unspecified atom stereocenters. The van der Waals surface area contributed by atoms with Gasteiger partial charge in [0.2, 0.25) is 0 Å². The molecular formula is C4F9KO. The van der Waals surface area contributed by atoms with Crippen molar-refractivity contribution in [3.63, 3.8) is 0 Å². The molecule has 0 bridgehead atoms. The van der Waals surface area contributed by atoms with Gasteiger partial charge in [-0.05, 0) is 0 Å². The Morgan fingerprint density at radius 2 is 0.867 bits per heavy atom. The van der Waals surface area contributed by atoms with E-state index >= 15 is 0 Å². The van der Waals surface area contributed by atoms with E-state index in [0.29, 0.717) is 0 Å². The van der Waals surface area contributed by atoms with Gasteiger partial charge < -0.3 is 5.11 Å². The average Bonchev–Trinajstić information content (AvgIpc) is 1.81. The largest absolute Gasteiger partial charge is 1.00 e. The van der Waals surface area contributed by atoms with Crippen LogP contribution >= 0.6 is 0 Å². The maximum absolute atomic E-state index is 11.7. The molecule has 0 atom stereocenters. The molecule has 0 spiro atoms. The topological polar surface area (TPSA) is 23.1 Å². The van der Waals surface area contributed by atoms with Crippen molar-refractivity contribution in [3.05, 3.63) is 0 Å². The van der Waals surface area contributed by atoms with Gasteiger partial charge in [-0.15, -0.1) is 0 Å². The summed E-state index contributed by atoms with van der Waals surface area (Å²) in [5, 5.41) is 9.16. The average molecular weight is 274 g/mol. The molecule has 0 rings (SSSR count). The third-order valence-electron chi connectivity index (χ3n) is 1.12. The second kappa shape index (κ2) is 4.68. The number of hydrogen-bond acceptors (Lipinski definition) is 1. The van der Waals surface area contributed by atoms with E-state index in [4.69, 9.17) is 5.11 Å². The fourth-order valence-corrected chi connectivity index (χ4v) is 0.361. The van der Waals surface area contributed by atoms with Crippen LogP contribution < -0.4 is 56.5 Å². The number of rotatable bonds is 2. The molecule has 0 N–H and O–H groups in total. The summed E-state index contributed by atoms with van der Waals surface area (Å²) in [6.45, 7) is 0. The van der Waals surface area contributed by atoms with Crippen molar-refractivity contribution in [1.82, 2.24) is 0 Å². The molecular weight excluding hydrogens is 274 g/mol. The molecule has 11 heteroatoms. The van der Waals surface area contributed by atoms with Crippen LogP contribution in [0.2, 0.25) is 0 Å². The normalized spacial score (nSPS) is 14.8. The van der Waals surface area contributed by atoms with Crippen LogP contribution in [0.3, 0.4) is 0 Å². The van der Waals surface area contributed by atoms with Crippen LogP contribution in [0.15, 0.2) is 0 Å². The molecule has 1 nitrogen and oxygen atoms in total. The first-order chi connectivity index (χ1) is 5.75. The van der Waals surface area contributed by atoms with E-state index in [2.05, 4.69) is 0 Å². The standard InChI is InChI=1S/C4F9O.K/c5-1(6,3(9,10)11)2(7,8)4(12,13)14;/q-1;+1. The number of halogens is 9. The SMILES string of the molecule is [K+].[O-]C(F)(F)C(F)(F)C(F)(F)C(F)(F)F. The second-order valence-corrected chi connectivity index (χ2v) is 2.16. The first-order valence-corrected chi connectivity index (χ1v) is 2.65. The fourth-order valence-electron chi connectivity index (χ4n) is 0.361. The summed E-state index contributed by atoms with van der Waals surface area (Å²) in [6.07, 6.45) is -13.6. The first kappa shape index (κ1) is 18.3. The Labute approximate surface area is 119 Å². The summed E-state index contributed by atoms with van der Waals surface area (Å²) in [6, 6.07) is 0. The van der Waals surface area contributed by atoms with E-state index in [9.17, 15) is 39.5 Å². The summed E-state index contributed by atoms with van der Waals surface area (Å²) in [5.41, 5.74) is 0. The van der Waals surface area contributed by atoms with Crippen LogP contribution in [0.25, 0.3) is 0 Å². The Balaban J connectivity index is 0. The minimum atomic E-state index is -7.08. The summed E-state index contributed by atoms with van der Waals surface area (Å²) >= 11 is 0. The molecule has 86 valence electrons. The van der Waals surface area contributed by atoms with Crippen LogP contribution in [0, 0.1) is 0 Å². The molecule has 15 heavy (non-hydrogen) atoms. The van der Waals surface area contributed by atoms with Crippen LogP contribution in [-0.2, 0) is 0 Å². The van der Waals surface area contributed by atoms with Crippen molar-refractivity contribution >= 4 is 0 Å². The second-order valence-electron chi connectivity index (χ2n) is 2.16. The summed E-state index contributed by atoms with van der Waals surface area (Å²) in [4.78, 5) is 0. The van der Waals surface area contributed by atoms with Gasteiger partial charge in [0.05, 0.1) is 0 Å². The Morgan fingerprint density at radius 3 is 0.933 bits per heavy atom. The zero-order valence-corrected chi connectivity index (χ0v) is 9.93. The third kappa shape index (κ3) is 3.22. The van der Waals surface area contributed by atoms with Crippen LogP contribution in [-0.4, -0.2) is 24.1 Å². The Bertz CT molecular complexity index is 191. The van der Waals surface area contributed by atoms with E-state index in [1.807, 2.05) is 0 Å². The maximum Gasteiger partial charge on any atom is 1.00 e. The Hall–Kier alpha value is 0.966. The zero-order valence-electron chi connectivity index (χ0n) is 6.81. The maximum atomic E-state index is 11.7. The van der Waals surface area contributed by atoms with Gasteiger partial charge >= 0.3 is 69.4 Å². The third-order valence-corrected chi connectivity index (χ3v) is 1.12. The van der Waals surface area contributed by atoms with E-state index in [0.717, 1.165) is 0 Å². The van der Waals surface area contributed by atoms with Crippen molar-refractivity contribution in [1.29, 1.82) is 0 Å². The Morgan fingerprint density at radius 1 is 0.600 bits per heavy atom. The van der Waals surface area contributed by atoms with Crippen LogP contribution in [0.1, 0.15) is 0 Å². The van der Waals surface area contributed by atoms with Gasteiger partial charge in [-0.1, -0.05) is 0 Å². The van der Waals surface area contributed by atoms with Gasteiger partial charge in [0, 0.05) is 0 Å². The van der Waals surface area contributed by atoms with Gasteiger partial charge in [-0.3, -0.25) is 0 Å². The minimum Gasteiger partial charge on any atom is -0.793 e. The number of alkyl halides is 9. The predicted molar refractivity (Wildman–Crippen MR) is 20.9 cm³/mol. The summed E-state index contributed by atoms with van der Waals surface area (Å²) in [5.74, 6) is -14.1. The molecule has 0 heterocycles. The molecule has 0 aliphatic heterocycles. The van der Waals surface area contributed by atoms with Gasteiger partial charge in [-0.25, -0.2) is 8.78 Å². The van der Waals surface area contributed by atoms with Crippen LogP contribution in [0.5, 0.6) is 0 Å². The van der Waals surface area contributed by atoms with E-state index in [1.165, 1.54) is 0 Å².